The van der Waals surface area contributed by atoms with Gasteiger partial charge in [0.1, 0.15) is 5.82 Å². The molecule has 1 atom stereocenters. The van der Waals surface area contributed by atoms with E-state index in [4.69, 9.17) is 0 Å². The van der Waals surface area contributed by atoms with Gasteiger partial charge in [-0.3, -0.25) is 9.59 Å². The van der Waals surface area contributed by atoms with Crippen LogP contribution >= 0.6 is 11.8 Å². The third-order valence-corrected chi connectivity index (χ3v) is 7.71. The Morgan fingerprint density at radius 3 is 2.69 bits per heavy atom. The second kappa shape index (κ2) is 8.54. The molecule has 2 aromatic rings. The molecule has 1 heterocycles. The highest BCUT2D eigenvalue weighted by Crippen LogP contribution is 2.38. The number of carbonyl (C=O) groups excluding carboxylic acids is 2. The van der Waals surface area contributed by atoms with E-state index in [0.717, 1.165) is 4.90 Å². The maximum atomic E-state index is 13.6. The van der Waals surface area contributed by atoms with Gasteiger partial charge in [0, 0.05) is 17.0 Å². The van der Waals surface area contributed by atoms with Crippen LogP contribution < -0.4 is 10.6 Å². The predicted octanol–water partition coefficient (Wildman–Crippen LogP) is 3.76. The first kappa shape index (κ1) is 21.3. The van der Waals surface area contributed by atoms with E-state index in [1.165, 1.54) is 36.0 Å². The minimum absolute atomic E-state index is 0.0429. The molecular formula is C20H21FN2O4S2. The molecule has 0 fully saturated rings. The standard InChI is InChI=1S/C20H21FN2O4S2/c1-3-17-20(25)23-16-11-14(6-7-18(16)28-17)29(26,27)9-8-19(24)22-13-5-4-12(2)15(21)10-13/h4-7,10-11,17H,3,8-9H2,1-2H3,(H,22,24)(H,23,25)/t17-/m1/s1. The smallest absolute Gasteiger partial charge is 0.237 e. The normalized spacial score (nSPS) is 16.1. The monoisotopic (exact) mass is 436 g/mol. The highest BCUT2D eigenvalue weighted by molar-refractivity contribution is 8.01. The lowest BCUT2D eigenvalue weighted by molar-refractivity contribution is -0.116. The number of halogens is 1. The number of rotatable bonds is 6. The van der Waals surface area contributed by atoms with Gasteiger partial charge in [0.2, 0.25) is 11.8 Å². The van der Waals surface area contributed by atoms with E-state index in [0.29, 0.717) is 17.7 Å². The van der Waals surface area contributed by atoms with Gasteiger partial charge in [0.15, 0.2) is 9.84 Å². The highest BCUT2D eigenvalue weighted by atomic mass is 32.2. The summed E-state index contributed by atoms with van der Waals surface area (Å²) in [6, 6.07) is 8.86. The number of nitrogens with one attached hydrogen (secondary N) is 2. The number of fused-ring (bicyclic) bond motifs is 1. The number of hydrogen-bond acceptors (Lipinski definition) is 5. The summed E-state index contributed by atoms with van der Waals surface area (Å²) in [6.07, 6.45) is 0.407. The van der Waals surface area contributed by atoms with Crippen molar-refractivity contribution in [2.75, 3.05) is 16.4 Å². The molecule has 29 heavy (non-hydrogen) atoms. The van der Waals surface area contributed by atoms with Crippen molar-refractivity contribution in [2.24, 2.45) is 0 Å². The van der Waals surface area contributed by atoms with Crippen molar-refractivity contribution >= 4 is 44.8 Å². The van der Waals surface area contributed by atoms with E-state index >= 15 is 0 Å². The van der Waals surface area contributed by atoms with Crippen molar-refractivity contribution in [1.82, 2.24) is 0 Å². The molecule has 0 bridgehead atoms. The fraction of sp³-hybridized carbons (Fsp3) is 0.300. The predicted molar refractivity (Wildman–Crippen MR) is 111 cm³/mol. The van der Waals surface area contributed by atoms with Gasteiger partial charge in [-0.15, -0.1) is 11.8 Å². The van der Waals surface area contributed by atoms with Crippen LogP contribution in [0.5, 0.6) is 0 Å². The summed E-state index contributed by atoms with van der Waals surface area (Å²) in [4.78, 5) is 25.0. The summed E-state index contributed by atoms with van der Waals surface area (Å²) in [5, 5.41) is 5.04. The van der Waals surface area contributed by atoms with Crippen LogP contribution in [0, 0.1) is 12.7 Å². The Labute approximate surface area is 173 Å². The second-order valence-corrected chi connectivity index (χ2v) is 10.1. The third-order valence-electron chi connectivity index (χ3n) is 4.55. The van der Waals surface area contributed by atoms with E-state index in [1.807, 2.05) is 6.92 Å². The molecule has 0 unspecified atom stereocenters. The lowest BCUT2D eigenvalue weighted by Gasteiger charge is -2.23. The molecular weight excluding hydrogens is 415 g/mol. The van der Waals surface area contributed by atoms with Gasteiger partial charge in [-0.2, -0.15) is 0 Å². The summed E-state index contributed by atoms with van der Waals surface area (Å²) in [6.45, 7) is 3.52. The Morgan fingerprint density at radius 2 is 2.00 bits per heavy atom. The maximum Gasteiger partial charge on any atom is 0.237 e. The Hall–Kier alpha value is -2.39. The van der Waals surface area contributed by atoms with Crippen LogP contribution in [0.4, 0.5) is 15.8 Å². The van der Waals surface area contributed by atoms with Crippen molar-refractivity contribution in [3.8, 4) is 0 Å². The molecule has 154 valence electrons. The minimum Gasteiger partial charge on any atom is -0.326 e. The van der Waals surface area contributed by atoms with Gasteiger partial charge >= 0.3 is 0 Å². The van der Waals surface area contributed by atoms with E-state index < -0.39 is 27.3 Å². The number of thioether (sulfide) groups is 1. The summed E-state index contributed by atoms with van der Waals surface area (Å²) in [5.41, 5.74) is 1.19. The molecule has 0 saturated heterocycles. The third kappa shape index (κ3) is 4.97. The molecule has 0 aromatic heterocycles. The molecule has 3 rings (SSSR count). The van der Waals surface area contributed by atoms with Crippen molar-refractivity contribution < 1.29 is 22.4 Å². The Balaban J connectivity index is 1.66. The summed E-state index contributed by atoms with van der Waals surface area (Å²) < 4.78 is 38.8. The Bertz CT molecular complexity index is 1070. The Morgan fingerprint density at radius 1 is 1.24 bits per heavy atom. The number of sulfone groups is 1. The average molecular weight is 437 g/mol. The molecule has 2 N–H and O–H groups in total. The topological polar surface area (TPSA) is 92.3 Å². The second-order valence-electron chi connectivity index (χ2n) is 6.74. The fourth-order valence-electron chi connectivity index (χ4n) is 2.83. The molecule has 0 saturated carbocycles. The Kier molecular flexibility index (Phi) is 6.28. The lowest BCUT2D eigenvalue weighted by atomic mass is 10.2. The zero-order valence-corrected chi connectivity index (χ0v) is 17.6. The van der Waals surface area contributed by atoms with Crippen LogP contribution in [0.15, 0.2) is 46.2 Å². The summed E-state index contributed by atoms with van der Waals surface area (Å²) in [7, 11) is -3.73. The molecule has 9 heteroatoms. The number of benzene rings is 2. The highest BCUT2D eigenvalue weighted by Gasteiger charge is 2.27. The van der Waals surface area contributed by atoms with Gasteiger partial charge in [0.05, 0.1) is 21.6 Å². The van der Waals surface area contributed by atoms with Gasteiger partial charge in [-0.05, 0) is 49.2 Å². The maximum absolute atomic E-state index is 13.6. The number of carbonyl (C=O) groups is 2. The molecule has 1 aliphatic heterocycles. The molecule has 2 amide bonds. The molecule has 1 aliphatic rings. The van der Waals surface area contributed by atoms with Gasteiger partial charge in [-0.25, -0.2) is 12.8 Å². The van der Waals surface area contributed by atoms with Crippen molar-refractivity contribution in [3.63, 3.8) is 0 Å². The van der Waals surface area contributed by atoms with Gasteiger partial charge < -0.3 is 10.6 Å². The van der Waals surface area contributed by atoms with Crippen LogP contribution in [0.25, 0.3) is 0 Å². The average Bonchev–Trinajstić information content (AvgIpc) is 2.68. The van der Waals surface area contributed by atoms with E-state index in [2.05, 4.69) is 10.6 Å². The first-order valence-corrected chi connectivity index (χ1v) is 11.6. The molecule has 0 radical (unpaired) electrons. The number of anilines is 2. The summed E-state index contributed by atoms with van der Waals surface area (Å²) >= 11 is 1.40. The molecule has 0 spiro atoms. The number of hydrogen-bond donors (Lipinski definition) is 2. The van der Waals surface area contributed by atoms with Crippen molar-refractivity contribution in [3.05, 3.63) is 47.8 Å². The quantitative estimate of drug-likeness (QED) is 0.719. The first-order valence-electron chi connectivity index (χ1n) is 9.10. The lowest BCUT2D eigenvalue weighted by Crippen LogP contribution is -2.28. The zero-order chi connectivity index (χ0) is 21.2. The summed E-state index contributed by atoms with van der Waals surface area (Å²) in [5.74, 6) is -1.52. The van der Waals surface area contributed by atoms with Crippen LogP contribution in [0.1, 0.15) is 25.3 Å². The van der Waals surface area contributed by atoms with Crippen LogP contribution in [-0.4, -0.2) is 31.2 Å². The van der Waals surface area contributed by atoms with Gasteiger partial charge in [0.25, 0.3) is 0 Å². The minimum atomic E-state index is -3.73. The van der Waals surface area contributed by atoms with E-state index in [1.54, 1.807) is 19.1 Å². The first-order chi connectivity index (χ1) is 13.7. The number of aryl methyl sites for hydroxylation is 1. The van der Waals surface area contributed by atoms with Crippen molar-refractivity contribution in [1.29, 1.82) is 0 Å². The SMILES string of the molecule is CC[C@H]1Sc2ccc(S(=O)(=O)CCC(=O)Nc3ccc(C)c(F)c3)cc2NC1=O. The molecule has 2 aromatic carbocycles. The number of amides is 2. The van der Waals surface area contributed by atoms with E-state index in [-0.39, 0.29) is 28.2 Å². The van der Waals surface area contributed by atoms with Crippen LogP contribution in [0.2, 0.25) is 0 Å². The largest absolute Gasteiger partial charge is 0.326 e. The van der Waals surface area contributed by atoms with E-state index in [9.17, 15) is 22.4 Å². The van der Waals surface area contributed by atoms with Crippen molar-refractivity contribution in [2.45, 2.75) is 41.7 Å². The molecule has 6 nitrogen and oxygen atoms in total. The van der Waals surface area contributed by atoms with Crippen LogP contribution in [0.3, 0.4) is 0 Å². The molecule has 0 aliphatic carbocycles. The van der Waals surface area contributed by atoms with Gasteiger partial charge in [-0.1, -0.05) is 13.0 Å². The fourth-order valence-corrected chi connectivity index (χ4v) is 5.12. The zero-order valence-electron chi connectivity index (χ0n) is 16.0. The van der Waals surface area contributed by atoms with Crippen LogP contribution in [-0.2, 0) is 19.4 Å².